The number of carboxylic acid groups (broad SMARTS) is 1. The SMILES string of the molecule is CCCCC1CCC(OC(=O)CC)CC1.O=C(O)C(F)(F)F. The number of hydrogen-bond donors (Lipinski definition) is 1. The van der Waals surface area contributed by atoms with E-state index in [2.05, 4.69) is 6.92 Å². The quantitative estimate of drug-likeness (QED) is 0.764. The van der Waals surface area contributed by atoms with E-state index in [1.807, 2.05) is 6.92 Å². The van der Waals surface area contributed by atoms with Crippen molar-refractivity contribution in [3.63, 3.8) is 0 Å². The fourth-order valence-corrected chi connectivity index (χ4v) is 2.30. The third-order valence-corrected chi connectivity index (χ3v) is 3.59. The van der Waals surface area contributed by atoms with Gasteiger partial charge in [-0.2, -0.15) is 13.2 Å². The van der Waals surface area contributed by atoms with Crippen LogP contribution in [0.2, 0.25) is 0 Å². The molecule has 0 aromatic heterocycles. The van der Waals surface area contributed by atoms with Crippen molar-refractivity contribution in [2.24, 2.45) is 5.92 Å². The van der Waals surface area contributed by atoms with Crippen molar-refractivity contribution in [3.05, 3.63) is 0 Å². The van der Waals surface area contributed by atoms with Crippen LogP contribution in [0.1, 0.15) is 65.2 Å². The molecule has 0 aromatic carbocycles. The first-order valence-electron chi connectivity index (χ1n) is 7.70. The lowest BCUT2D eigenvalue weighted by atomic mass is 9.84. The first-order chi connectivity index (χ1) is 10.2. The summed E-state index contributed by atoms with van der Waals surface area (Å²) in [6.45, 7) is 4.10. The Bertz CT molecular complexity index is 334. The van der Waals surface area contributed by atoms with Crippen LogP contribution >= 0.6 is 0 Å². The molecule has 22 heavy (non-hydrogen) atoms. The maximum Gasteiger partial charge on any atom is 0.490 e. The fourth-order valence-electron chi connectivity index (χ4n) is 2.30. The summed E-state index contributed by atoms with van der Waals surface area (Å²) < 4.78 is 37.1. The van der Waals surface area contributed by atoms with Crippen molar-refractivity contribution in [1.82, 2.24) is 0 Å². The van der Waals surface area contributed by atoms with Gasteiger partial charge in [0.05, 0.1) is 0 Å². The number of esters is 1. The molecule has 0 heterocycles. The van der Waals surface area contributed by atoms with E-state index >= 15 is 0 Å². The highest BCUT2D eigenvalue weighted by Gasteiger charge is 2.38. The summed E-state index contributed by atoms with van der Waals surface area (Å²) in [5, 5.41) is 7.12. The predicted molar refractivity (Wildman–Crippen MR) is 75.3 cm³/mol. The molecule has 1 rings (SSSR count). The molecular formula is C15H25F3O4. The first kappa shape index (κ1) is 20.7. The standard InChI is InChI=1S/C13H24O2.C2HF3O2/c1-3-5-6-11-7-9-12(10-8-11)15-13(14)4-2;3-2(4,5)1(6)7/h11-12H,3-10H2,1-2H3;(H,6,7). The van der Waals surface area contributed by atoms with Gasteiger partial charge in [0.25, 0.3) is 0 Å². The number of hydrogen-bond acceptors (Lipinski definition) is 3. The van der Waals surface area contributed by atoms with Crippen molar-refractivity contribution in [2.75, 3.05) is 0 Å². The number of alkyl halides is 3. The summed E-state index contributed by atoms with van der Waals surface area (Å²) in [5.41, 5.74) is 0. The molecule has 0 bridgehead atoms. The number of carboxylic acids is 1. The van der Waals surface area contributed by atoms with Crippen LogP contribution in [0, 0.1) is 5.92 Å². The highest BCUT2D eigenvalue weighted by Crippen LogP contribution is 2.29. The smallest absolute Gasteiger partial charge is 0.475 e. The van der Waals surface area contributed by atoms with E-state index in [0.29, 0.717) is 6.42 Å². The van der Waals surface area contributed by atoms with E-state index in [1.165, 1.54) is 32.1 Å². The molecule has 1 fully saturated rings. The van der Waals surface area contributed by atoms with Crippen LogP contribution < -0.4 is 0 Å². The summed E-state index contributed by atoms with van der Waals surface area (Å²) in [5.74, 6) is -1.90. The van der Waals surface area contributed by atoms with Gasteiger partial charge in [0, 0.05) is 6.42 Å². The zero-order valence-electron chi connectivity index (χ0n) is 13.1. The minimum absolute atomic E-state index is 0.0352. The maximum absolute atomic E-state index is 11.1. The molecule has 0 saturated heterocycles. The molecule has 4 nitrogen and oxygen atoms in total. The molecule has 0 atom stereocenters. The molecule has 0 unspecified atom stereocenters. The van der Waals surface area contributed by atoms with E-state index in [4.69, 9.17) is 14.6 Å². The van der Waals surface area contributed by atoms with Crippen molar-refractivity contribution >= 4 is 11.9 Å². The Balaban J connectivity index is 0.000000534. The first-order valence-corrected chi connectivity index (χ1v) is 7.70. The van der Waals surface area contributed by atoms with Gasteiger partial charge in [0.1, 0.15) is 6.10 Å². The number of ether oxygens (including phenoxy) is 1. The van der Waals surface area contributed by atoms with Crippen molar-refractivity contribution in [3.8, 4) is 0 Å². The molecule has 0 aromatic rings. The van der Waals surface area contributed by atoms with Gasteiger partial charge in [0.15, 0.2) is 0 Å². The second-order valence-corrected chi connectivity index (χ2v) is 5.43. The lowest BCUT2D eigenvalue weighted by molar-refractivity contribution is -0.192. The summed E-state index contributed by atoms with van der Waals surface area (Å²) in [6, 6.07) is 0. The molecule has 7 heteroatoms. The van der Waals surface area contributed by atoms with E-state index in [0.717, 1.165) is 18.8 Å². The Morgan fingerprint density at radius 3 is 2.00 bits per heavy atom. The van der Waals surface area contributed by atoms with Gasteiger partial charge in [-0.15, -0.1) is 0 Å². The van der Waals surface area contributed by atoms with Gasteiger partial charge in [-0.1, -0.05) is 33.1 Å². The summed E-state index contributed by atoms with van der Waals surface area (Å²) >= 11 is 0. The number of carbonyl (C=O) groups excluding carboxylic acids is 1. The van der Waals surface area contributed by atoms with Crippen LogP contribution in [0.4, 0.5) is 13.2 Å². The molecular weight excluding hydrogens is 301 g/mol. The molecule has 1 saturated carbocycles. The molecule has 0 amide bonds. The van der Waals surface area contributed by atoms with Crippen molar-refractivity contribution in [2.45, 2.75) is 77.5 Å². The Kier molecular flexibility index (Phi) is 9.85. The Hall–Kier alpha value is -1.27. The highest BCUT2D eigenvalue weighted by atomic mass is 19.4. The predicted octanol–water partition coefficient (Wildman–Crippen LogP) is 4.32. The van der Waals surface area contributed by atoms with Crippen molar-refractivity contribution < 1.29 is 32.6 Å². The summed E-state index contributed by atoms with van der Waals surface area (Å²) in [4.78, 5) is 20.0. The minimum Gasteiger partial charge on any atom is -0.475 e. The van der Waals surface area contributed by atoms with E-state index in [-0.39, 0.29) is 12.1 Å². The average molecular weight is 326 g/mol. The van der Waals surface area contributed by atoms with Crippen LogP contribution in [0.5, 0.6) is 0 Å². The topological polar surface area (TPSA) is 63.6 Å². The van der Waals surface area contributed by atoms with Gasteiger partial charge in [-0.25, -0.2) is 4.79 Å². The highest BCUT2D eigenvalue weighted by molar-refractivity contribution is 5.73. The minimum atomic E-state index is -5.08. The van der Waals surface area contributed by atoms with Gasteiger partial charge < -0.3 is 9.84 Å². The zero-order valence-corrected chi connectivity index (χ0v) is 13.1. The van der Waals surface area contributed by atoms with Crippen LogP contribution in [-0.2, 0) is 14.3 Å². The Labute approximate surface area is 129 Å². The molecule has 0 spiro atoms. The van der Waals surface area contributed by atoms with Gasteiger partial charge >= 0.3 is 18.1 Å². The molecule has 1 aliphatic rings. The van der Waals surface area contributed by atoms with Gasteiger partial charge in [-0.05, 0) is 31.6 Å². The van der Waals surface area contributed by atoms with E-state index < -0.39 is 12.1 Å². The number of unbranched alkanes of at least 4 members (excludes halogenated alkanes) is 1. The molecule has 1 aliphatic carbocycles. The van der Waals surface area contributed by atoms with Gasteiger partial charge in [-0.3, -0.25) is 4.79 Å². The van der Waals surface area contributed by atoms with Crippen LogP contribution in [-0.4, -0.2) is 29.3 Å². The lowest BCUT2D eigenvalue weighted by Crippen LogP contribution is -2.24. The third-order valence-electron chi connectivity index (χ3n) is 3.59. The van der Waals surface area contributed by atoms with Crippen LogP contribution in [0.15, 0.2) is 0 Å². The largest absolute Gasteiger partial charge is 0.490 e. The molecule has 130 valence electrons. The molecule has 0 aliphatic heterocycles. The van der Waals surface area contributed by atoms with Gasteiger partial charge in [0.2, 0.25) is 0 Å². The second-order valence-electron chi connectivity index (χ2n) is 5.43. The number of rotatable bonds is 5. The molecule has 1 N–H and O–H groups in total. The lowest BCUT2D eigenvalue weighted by Gasteiger charge is -2.28. The van der Waals surface area contributed by atoms with E-state index in [1.54, 1.807) is 0 Å². The zero-order chi connectivity index (χ0) is 17.2. The van der Waals surface area contributed by atoms with Crippen LogP contribution in [0.3, 0.4) is 0 Å². The average Bonchev–Trinajstić information content (AvgIpc) is 2.46. The maximum atomic E-state index is 11.1. The summed E-state index contributed by atoms with van der Waals surface area (Å²) in [7, 11) is 0. The van der Waals surface area contributed by atoms with Crippen LogP contribution in [0.25, 0.3) is 0 Å². The normalized spacial score (nSPS) is 21.5. The summed E-state index contributed by atoms with van der Waals surface area (Å²) in [6.07, 6.45) is 4.33. The van der Waals surface area contributed by atoms with E-state index in [9.17, 15) is 18.0 Å². The number of aliphatic carboxylic acids is 1. The number of halogens is 3. The third kappa shape index (κ3) is 9.63. The molecule has 0 radical (unpaired) electrons. The second kappa shape index (κ2) is 10.5. The number of carbonyl (C=O) groups is 2. The monoisotopic (exact) mass is 326 g/mol. The van der Waals surface area contributed by atoms with Crippen molar-refractivity contribution in [1.29, 1.82) is 0 Å². The Morgan fingerprint density at radius 1 is 1.14 bits per heavy atom. The Morgan fingerprint density at radius 2 is 1.64 bits per heavy atom. The fraction of sp³-hybridized carbons (Fsp3) is 0.867.